The fraction of sp³-hybridized carbons (Fsp3) is 0.529. The van der Waals surface area contributed by atoms with Crippen LogP contribution in [0.5, 0.6) is 0 Å². The van der Waals surface area contributed by atoms with Crippen LogP contribution < -0.4 is 10.6 Å². The number of hydrogen-bond acceptors (Lipinski definition) is 4. The Kier molecular flexibility index (Phi) is 7.05. The molecule has 126 valence electrons. The molecule has 0 bridgehead atoms. The Morgan fingerprint density at radius 1 is 1.13 bits per heavy atom. The summed E-state index contributed by atoms with van der Waals surface area (Å²) in [6, 6.07) is 4.38. The summed E-state index contributed by atoms with van der Waals surface area (Å²) in [5.41, 5.74) is 1.15. The molecule has 0 fully saturated rings. The first-order chi connectivity index (χ1) is 11.1. The molecular weight excluding hydrogens is 324 g/mol. The fourth-order valence-electron chi connectivity index (χ4n) is 2.30. The van der Waals surface area contributed by atoms with E-state index in [0.717, 1.165) is 49.1 Å². The lowest BCUT2D eigenvalue weighted by molar-refractivity contribution is 0.802. The summed E-state index contributed by atoms with van der Waals surface area (Å²) in [4.78, 5) is 13.3. The normalized spacial score (nSPS) is 11.7. The van der Waals surface area contributed by atoms with Crippen molar-refractivity contribution < 1.29 is 0 Å². The van der Waals surface area contributed by atoms with Gasteiger partial charge in [-0.05, 0) is 39.3 Å². The van der Waals surface area contributed by atoms with Crippen molar-refractivity contribution in [2.75, 3.05) is 13.1 Å². The molecule has 0 radical (unpaired) electrons. The van der Waals surface area contributed by atoms with Crippen LogP contribution in [0.1, 0.15) is 39.2 Å². The van der Waals surface area contributed by atoms with Crippen molar-refractivity contribution in [3.05, 3.63) is 37.5 Å². The van der Waals surface area contributed by atoms with Crippen LogP contribution in [-0.2, 0) is 19.4 Å². The Balaban J connectivity index is 1.87. The zero-order chi connectivity index (χ0) is 16.7. The lowest BCUT2D eigenvalue weighted by Gasteiger charge is -2.10. The van der Waals surface area contributed by atoms with Crippen LogP contribution in [0, 0.1) is 13.8 Å². The minimum Gasteiger partial charge on any atom is -0.357 e. The highest BCUT2D eigenvalue weighted by molar-refractivity contribution is 7.12. The Labute approximate surface area is 147 Å². The molecule has 6 heteroatoms. The molecule has 0 aliphatic carbocycles. The van der Waals surface area contributed by atoms with E-state index in [4.69, 9.17) is 0 Å². The number of hydrogen-bond donors (Lipinski definition) is 2. The molecule has 4 nitrogen and oxygen atoms in total. The molecule has 2 heterocycles. The summed E-state index contributed by atoms with van der Waals surface area (Å²) in [5, 5.41) is 7.87. The third-order valence-corrected chi connectivity index (χ3v) is 5.79. The molecule has 2 rings (SSSR count). The number of aryl methyl sites for hydroxylation is 3. The standard InChI is InChI=1S/C17H26N4S2/c1-5-14-7-8-15(23-14)11-20-17(18-6-2)19-10-9-16-12(3)21-13(4)22-16/h7-8H,5-6,9-11H2,1-4H3,(H2,18,19,20). The quantitative estimate of drug-likeness (QED) is 0.591. The van der Waals surface area contributed by atoms with Gasteiger partial charge in [-0.25, -0.2) is 9.98 Å². The molecule has 0 unspecified atom stereocenters. The SMILES string of the molecule is CCNC(=NCc1ccc(CC)s1)NCCc1sc(C)nc1C. The second kappa shape index (κ2) is 9.03. The van der Waals surface area contributed by atoms with Crippen molar-refractivity contribution in [1.29, 1.82) is 0 Å². The van der Waals surface area contributed by atoms with Crippen LogP contribution >= 0.6 is 22.7 Å². The summed E-state index contributed by atoms with van der Waals surface area (Å²) >= 11 is 3.63. The number of thiazole rings is 1. The average molecular weight is 351 g/mol. The highest BCUT2D eigenvalue weighted by Gasteiger charge is 2.05. The van der Waals surface area contributed by atoms with Crippen LogP contribution in [0.3, 0.4) is 0 Å². The van der Waals surface area contributed by atoms with Crippen molar-refractivity contribution in [3.63, 3.8) is 0 Å². The van der Waals surface area contributed by atoms with Crippen molar-refractivity contribution >= 4 is 28.6 Å². The number of aromatic nitrogens is 1. The van der Waals surface area contributed by atoms with Crippen LogP contribution in [0.2, 0.25) is 0 Å². The summed E-state index contributed by atoms with van der Waals surface area (Å²) in [6.45, 7) is 10.9. The van der Waals surface area contributed by atoms with Gasteiger partial charge in [0.05, 0.1) is 17.2 Å². The predicted molar refractivity (Wildman–Crippen MR) is 102 cm³/mol. The molecular formula is C17H26N4S2. The minimum absolute atomic E-state index is 0.735. The molecule has 0 saturated carbocycles. The molecule has 2 N–H and O–H groups in total. The molecule has 0 aliphatic rings. The van der Waals surface area contributed by atoms with E-state index in [0.29, 0.717) is 0 Å². The maximum Gasteiger partial charge on any atom is 0.191 e. The summed E-state index contributed by atoms with van der Waals surface area (Å²) < 4.78 is 0. The topological polar surface area (TPSA) is 49.3 Å². The molecule has 0 amide bonds. The van der Waals surface area contributed by atoms with E-state index in [-0.39, 0.29) is 0 Å². The maximum absolute atomic E-state index is 4.68. The first-order valence-corrected chi connectivity index (χ1v) is 9.78. The van der Waals surface area contributed by atoms with E-state index in [1.54, 1.807) is 11.3 Å². The van der Waals surface area contributed by atoms with Crippen LogP contribution in [-0.4, -0.2) is 24.0 Å². The first kappa shape index (κ1) is 17.9. The van der Waals surface area contributed by atoms with Gasteiger partial charge in [-0.2, -0.15) is 0 Å². The van der Waals surface area contributed by atoms with E-state index in [9.17, 15) is 0 Å². The van der Waals surface area contributed by atoms with Crippen molar-refractivity contribution in [2.45, 2.75) is 47.1 Å². The smallest absolute Gasteiger partial charge is 0.191 e. The number of thiophene rings is 1. The fourth-order valence-corrected chi connectivity index (χ4v) is 4.11. The van der Waals surface area contributed by atoms with Gasteiger partial charge in [-0.1, -0.05) is 6.92 Å². The second-order valence-corrected chi connectivity index (χ2v) is 7.88. The lowest BCUT2D eigenvalue weighted by atomic mass is 10.3. The number of guanidine groups is 1. The van der Waals surface area contributed by atoms with Crippen molar-refractivity contribution in [1.82, 2.24) is 15.6 Å². The van der Waals surface area contributed by atoms with E-state index in [1.165, 1.54) is 14.6 Å². The highest BCUT2D eigenvalue weighted by atomic mass is 32.1. The van der Waals surface area contributed by atoms with Gasteiger partial charge in [0, 0.05) is 34.1 Å². The van der Waals surface area contributed by atoms with Crippen LogP contribution in [0.25, 0.3) is 0 Å². The van der Waals surface area contributed by atoms with Gasteiger partial charge >= 0.3 is 0 Å². The number of nitrogens with zero attached hydrogens (tertiary/aromatic N) is 2. The monoisotopic (exact) mass is 350 g/mol. The molecule has 23 heavy (non-hydrogen) atoms. The predicted octanol–water partition coefficient (Wildman–Crippen LogP) is 3.68. The Bertz CT molecular complexity index is 643. The van der Waals surface area contributed by atoms with Gasteiger partial charge in [0.25, 0.3) is 0 Å². The largest absolute Gasteiger partial charge is 0.357 e. The molecule has 2 aromatic heterocycles. The molecule has 0 saturated heterocycles. The van der Waals surface area contributed by atoms with Gasteiger partial charge in [0.15, 0.2) is 5.96 Å². The lowest BCUT2D eigenvalue weighted by Crippen LogP contribution is -2.38. The molecule has 0 spiro atoms. The zero-order valence-corrected chi connectivity index (χ0v) is 16.0. The second-order valence-electron chi connectivity index (χ2n) is 5.33. The van der Waals surface area contributed by atoms with Gasteiger partial charge in [0.1, 0.15) is 0 Å². The summed E-state index contributed by atoms with van der Waals surface area (Å²) in [6.07, 6.45) is 2.08. The molecule has 0 atom stereocenters. The first-order valence-electron chi connectivity index (χ1n) is 8.15. The zero-order valence-electron chi connectivity index (χ0n) is 14.4. The Morgan fingerprint density at radius 2 is 1.91 bits per heavy atom. The Morgan fingerprint density at radius 3 is 2.52 bits per heavy atom. The van der Waals surface area contributed by atoms with Gasteiger partial charge < -0.3 is 10.6 Å². The number of rotatable bonds is 7. The van der Waals surface area contributed by atoms with Gasteiger partial charge in [0.2, 0.25) is 0 Å². The third-order valence-electron chi connectivity index (χ3n) is 3.45. The van der Waals surface area contributed by atoms with E-state index in [2.05, 4.69) is 60.4 Å². The minimum atomic E-state index is 0.735. The van der Waals surface area contributed by atoms with E-state index in [1.807, 2.05) is 11.3 Å². The third kappa shape index (κ3) is 5.62. The average Bonchev–Trinajstić information content (AvgIpc) is 3.11. The van der Waals surface area contributed by atoms with Crippen molar-refractivity contribution in [2.24, 2.45) is 4.99 Å². The molecule has 2 aromatic rings. The number of nitrogens with one attached hydrogen (secondary N) is 2. The van der Waals surface area contributed by atoms with Crippen LogP contribution in [0.4, 0.5) is 0 Å². The maximum atomic E-state index is 4.68. The highest BCUT2D eigenvalue weighted by Crippen LogP contribution is 2.18. The summed E-state index contributed by atoms with van der Waals surface area (Å²) in [7, 11) is 0. The molecule has 0 aliphatic heterocycles. The van der Waals surface area contributed by atoms with Gasteiger partial charge in [-0.15, -0.1) is 22.7 Å². The molecule has 0 aromatic carbocycles. The number of aliphatic imine (C=N–C) groups is 1. The van der Waals surface area contributed by atoms with Gasteiger partial charge in [-0.3, -0.25) is 0 Å². The Hall–Kier alpha value is -1.40. The van der Waals surface area contributed by atoms with E-state index >= 15 is 0 Å². The van der Waals surface area contributed by atoms with Crippen LogP contribution in [0.15, 0.2) is 17.1 Å². The van der Waals surface area contributed by atoms with Crippen molar-refractivity contribution in [3.8, 4) is 0 Å². The van der Waals surface area contributed by atoms with E-state index < -0.39 is 0 Å². The summed E-state index contributed by atoms with van der Waals surface area (Å²) in [5.74, 6) is 0.887.